The molecule has 0 bridgehead atoms. The number of hydrogen-bond donors (Lipinski definition) is 1. The smallest absolute Gasteiger partial charge is 0.103 e. The predicted octanol–water partition coefficient (Wildman–Crippen LogP) is 4.45. The van der Waals surface area contributed by atoms with Crippen molar-refractivity contribution >= 4 is 34.7 Å². The number of thiazole rings is 1. The summed E-state index contributed by atoms with van der Waals surface area (Å²) in [5, 5.41) is 11.4. The van der Waals surface area contributed by atoms with Crippen LogP contribution in [0, 0.1) is 6.92 Å². The van der Waals surface area contributed by atoms with E-state index in [1.54, 1.807) is 30.0 Å². The fraction of sp³-hybridized carbons (Fsp3) is 0.308. The van der Waals surface area contributed by atoms with Crippen molar-refractivity contribution < 1.29 is 5.11 Å². The lowest BCUT2D eigenvalue weighted by Crippen LogP contribution is -1.88. The molecule has 2 nitrogen and oxygen atoms in total. The molecule has 0 spiro atoms. The van der Waals surface area contributed by atoms with E-state index in [2.05, 4.69) is 4.98 Å². The molecule has 18 heavy (non-hydrogen) atoms. The second kappa shape index (κ2) is 6.06. The maximum Gasteiger partial charge on any atom is 0.103 e. The van der Waals surface area contributed by atoms with Gasteiger partial charge in [-0.25, -0.2) is 4.98 Å². The Morgan fingerprint density at radius 2 is 2.06 bits per heavy atom. The van der Waals surface area contributed by atoms with Crippen LogP contribution in [0.4, 0.5) is 0 Å². The predicted molar refractivity (Wildman–Crippen MR) is 78.5 cm³/mol. The standard InChI is InChI=1S/C13H14ClNOS2/c1-8-13(9(2)16)18-12(15-8)7-17-11-5-3-10(14)4-6-11/h3-6,9,16H,7H2,1-2H3. The molecule has 96 valence electrons. The largest absolute Gasteiger partial charge is 0.388 e. The van der Waals surface area contributed by atoms with Crippen LogP contribution in [0.1, 0.15) is 28.6 Å². The van der Waals surface area contributed by atoms with E-state index >= 15 is 0 Å². The molecule has 1 aromatic heterocycles. The van der Waals surface area contributed by atoms with Gasteiger partial charge in [0.2, 0.25) is 0 Å². The van der Waals surface area contributed by atoms with Crippen LogP contribution in [0.2, 0.25) is 5.02 Å². The number of thioether (sulfide) groups is 1. The molecule has 1 aromatic carbocycles. The van der Waals surface area contributed by atoms with E-state index in [4.69, 9.17) is 11.6 Å². The first-order chi connectivity index (χ1) is 8.56. The van der Waals surface area contributed by atoms with Crippen molar-refractivity contribution in [1.82, 2.24) is 4.98 Å². The number of halogens is 1. The van der Waals surface area contributed by atoms with Gasteiger partial charge in [0, 0.05) is 9.92 Å². The molecular formula is C13H14ClNOS2. The summed E-state index contributed by atoms with van der Waals surface area (Å²) in [7, 11) is 0. The number of aryl methyl sites for hydroxylation is 1. The third-order valence-electron chi connectivity index (χ3n) is 2.43. The van der Waals surface area contributed by atoms with Crippen molar-refractivity contribution in [1.29, 1.82) is 0 Å². The number of benzene rings is 1. The molecule has 0 aliphatic carbocycles. The Morgan fingerprint density at radius 3 is 2.61 bits per heavy atom. The van der Waals surface area contributed by atoms with Crippen LogP contribution in [0.15, 0.2) is 29.2 Å². The summed E-state index contributed by atoms with van der Waals surface area (Å²) in [5.74, 6) is 0.819. The molecule has 0 radical (unpaired) electrons. The number of aliphatic hydroxyl groups is 1. The first-order valence-electron chi connectivity index (χ1n) is 5.59. The minimum absolute atomic E-state index is 0.434. The molecule has 0 fully saturated rings. The molecule has 1 N–H and O–H groups in total. The highest BCUT2D eigenvalue weighted by atomic mass is 35.5. The number of nitrogens with zero attached hydrogens (tertiary/aromatic N) is 1. The molecule has 0 saturated carbocycles. The zero-order chi connectivity index (χ0) is 13.1. The monoisotopic (exact) mass is 299 g/mol. The molecule has 0 saturated heterocycles. The third kappa shape index (κ3) is 3.48. The molecular weight excluding hydrogens is 286 g/mol. The minimum Gasteiger partial charge on any atom is -0.388 e. The number of rotatable bonds is 4. The zero-order valence-corrected chi connectivity index (χ0v) is 12.6. The van der Waals surface area contributed by atoms with Gasteiger partial charge in [-0.15, -0.1) is 23.1 Å². The summed E-state index contributed by atoms with van der Waals surface area (Å²) in [4.78, 5) is 6.61. The number of aliphatic hydroxyl groups excluding tert-OH is 1. The van der Waals surface area contributed by atoms with Gasteiger partial charge in [-0.1, -0.05) is 11.6 Å². The van der Waals surface area contributed by atoms with Gasteiger partial charge >= 0.3 is 0 Å². The SMILES string of the molecule is Cc1nc(CSc2ccc(Cl)cc2)sc1C(C)O. The van der Waals surface area contributed by atoms with Crippen LogP contribution in [0.25, 0.3) is 0 Å². The fourth-order valence-corrected chi connectivity index (χ4v) is 3.61. The molecule has 2 aromatic rings. The summed E-state index contributed by atoms with van der Waals surface area (Å²) in [6.45, 7) is 3.71. The van der Waals surface area contributed by atoms with Crippen molar-refractivity contribution in [2.24, 2.45) is 0 Å². The van der Waals surface area contributed by atoms with Crippen molar-refractivity contribution in [3.8, 4) is 0 Å². The highest BCUT2D eigenvalue weighted by molar-refractivity contribution is 7.98. The normalized spacial score (nSPS) is 12.7. The summed E-state index contributed by atoms with van der Waals surface area (Å²) in [6, 6.07) is 7.78. The van der Waals surface area contributed by atoms with Gasteiger partial charge in [0.15, 0.2) is 0 Å². The Hall–Kier alpha value is -0.550. The Labute approximate surface area is 120 Å². The zero-order valence-electron chi connectivity index (χ0n) is 10.2. The van der Waals surface area contributed by atoms with Gasteiger partial charge in [0.25, 0.3) is 0 Å². The summed E-state index contributed by atoms with van der Waals surface area (Å²) < 4.78 is 0. The lowest BCUT2D eigenvalue weighted by atomic mass is 10.3. The Bertz CT molecular complexity index is 522. The number of aromatic nitrogens is 1. The van der Waals surface area contributed by atoms with Gasteiger partial charge in [-0.3, -0.25) is 0 Å². The Kier molecular flexibility index (Phi) is 4.67. The van der Waals surface area contributed by atoms with Gasteiger partial charge < -0.3 is 5.11 Å². The lowest BCUT2D eigenvalue weighted by Gasteiger charge is -1.99. The molecule has 2 rings (SSSR count). The molecule has 0 aliphatic rings. The van der Waals surface area contributed by atoms with Crippen LogP contribution < -0.4 is 0 Å². The van der Waals surface area contributed by atoms with Crippen LogP contribution in [-0.4, -0.2) is 10.1 Å². The van der Waals surface area contributed by atoms with E-state index in [0.29, 0.717) is 0 Å². The Balaban J connectivity index is 2.02. The van der Waals surface area contributed by atoms with Crippen LogP contribution >= 0.6 is 34.7 Å². The second-order valence-electron chi connectivity index (χ2n) is 3.98. The van der Waals surface area contributed by atoms with Crippen molar-refractivity contribution in [2.45, 2.75) is 30.6 Å². The van der Waals surface area contributed by atoms with E-state index in [9.17, 15) is 5.11 Å². The first-order valence-corrected chi connectivity index (χ1v) is 7.77. The molecule has 1 heterocycles. The average molecular weight is 300 g/mol. The van der Waals surface area contributed by atoms with Crippen LogP contribution in [-0.2, 0) is 5.75 Å². The van der Waals surface area contributed by atoms with Crippen molar-refractivity contribution in [2.75, 3.05) is 0 Å². The van der Waals surface area contributed by atoms with Crippen molar-refractivity contribution in [3.05, 3.63) is 44.9 Å². The average Bonchev–Trinajstić information content (AvgIpc) is 2.70. The van der Waals surface area contributed by atoms with Gasteiger partial charge in [0.05, 0.1) is 22.4 Å². The first kappa shape index (κ1) is 13.9. The van der Waals surface area contributed by atoms with Gasteiger partial charge in [-0.2, -0.15) is 0 Å². The van der Waals surface area contributed by atoms with Crippen LogP contribution in [0.3, 0.4) is 0 Å². The fourth-order valence-electron chi connectivity index (χ4n) is 1.59. The maximum atomic E-state index is 9.58. The van der Waals surface area contributed by atoms with E-state index in [1.165, 1.54) is 4.90 Å². The van der Waals surface area contributed by atoms with E-state index in [-0.39, 0.29) is 0 Å². The van der Waals surface area contributed by atoms with Crippen LogP contribution in [0.5, 0.6) is 0 Å². The number of hydrogen-bond acceptors (Lipinski definition) is 4. The van der Waals surface area contributed by atoms with Crippen molar-refractivity contribution in [3.63, 3.8) is 0 Å². The molecule has 1 atom stereocenters. The van der Waals surface area contributed by atoms with E-state index in [0.717, 1.165) is 26.4 Å². The summed E-state index contributed by atoms with van der Waals surface area (Å²) in [5.41, 5.74) is 0.932. The quantitative estimate of drug-likeness (QED) is 0.847. The summed E-state index contributed by atoms with van der Waals surface area (Å²) >= 11 is 9.15. The molecule has 0 aliphatic heterocycles. The Morgan fingerprint density at radius 1 is 1.39 bits per heavy atom. The highest BCUT2D eigenvalue weighted by Gasteiger charge is 2.11. The summed E-state index contributed by atoms with van der Waals surface area (Å²) in [6.07, 6.45) is -0.434. The highest BCUT2D eigenvalue weighted by Crippen LogP contribution is 2.30. The van der Waals surface area contributed by atoms with Gasteiger partial charge in [0.1, 0.15) is 5.01 Å². The van der Waals surface area contributed by atoms with E-state index in [1.807, 2.05) is 31.2 Å². The van der Waals surface area contributed by atoms with Gasteiger partial charge in [-0.05, 0) is 38.1 Å². The second-order valence-corrected chi connectivity index (χ2v) is 6.58. The topological polar surface area (TPSA) is 33.1 Å². The molecule has 0 amide bonds. The molecule has 5 heteroatoms. The lowest BCUT2D eigenvalue weighted by molar-refractivity contribution is 0.202. The minimum atomic E-state index is -0.434. The third-order valence-corrected chi connectivity index (χ3v) is 5.22. The van der Waals surface area contributed by atoms with E-state index < -0.39 is 6.10 Å². The maximum absolute atomic E-state index is 9.58. The molecule has 1 unspecified atom stereocenters.